The van der Waals surface area contributed by atoms with Crippen molar-refractivity contribution in [1.29, 1.82) is 0 Å². The fraction of sp³-hybridized carbons (Fsp3) is 0.545. The van der Waals surface area contributed by atoms with Crippen LogP contribution < -0.4 is 0 Å². The Kier molecular flexibility index (Phi) is 3.66. The fourth-order valence-electron chi connectivity index (χ4n) is 1.34. The number of aryl methyl sites for hydroxylation is 1. The van der Waals surface area contributed by atoms with Gasteiger partial charge in [-0.3, -0.25) is 9.59 Å². The van der Waals surface area contributed by atoms with Gasteiger partial charge >= 0.3 is 5.97 Å². The standard InChI is InChI=1S/C11H13NO3S/c13-10(8-1-2-8)5-15-11(14)4-3-9-6-16-7-12-9/h6-8H,1-5H2. The first-order chi connectivity index (χ1) is 7.75. The van der Waals surface area contributed by atoms with Gasteiger partial charge in [-0.1, -0.05) is 0 Å². The first kappa shape index (κ1) is 11.3. The van der Waals surface area contributed by atoms with Gasteiger partial charge in [-0.05, 0) is 12.8 Å². The maximum absolute atomic E-state index is 11.3. The number of carbonyl (C=O) groups excluding carboxylic acids is 2. The number of rotatable bonds is 6. The third-order valence-corrected chi connectivity index (χ3v) is 3.11. The van der Waals surface area contributed by atoms with E-state index in [0.717, 1.165) is 18.5 Å². The van der Waals surface area contributed by atoms with Crippen molar-refractivity contribution < 1.29 is 14.3 Å². The Balaban J connectivity index is 1.62. The minimum Gasteiger partial charge on any atom is -0.458 e. The van der Waals surface area contributed by atoms with E-state index in [1.165, 1.54) is 11.3 Å². The van der Waals surface area contributed by atoms with Crippen LogP contribution in [0.3, 0.4) is 0 Å². The second-order valence-corrected chi connectivity index (χ2v) is 4.60. The zero-order valence-electron chi connectivity index (χ0n) is 8.85. The summed E-state index contributed by atoms with van der Waals surface area (Å²) >= 11 is 1.50. The van der Waals surface area contributed by atoms with E-state index < -0.39 is 0 Å². The summed E-state index contributed by atoms with van der Waals surface area (Å²) in [6.07, 6.45) is 2.78. The first-order valence-electron chi connectivity index (χ1n) is 5.31. The number of thiazole rings is 1. The third-order valence-electron chi connectivity index (χ3n) is 2.48. The van der Waals surface area contributed by atoms with Crippen molar-refractivity contribution in [2.24, 2.45) is 5.92 Å². The van der Waals surface area contributed by atoms with Crippen molar-refractivity contribution >= 4 is 23.1 Å². The van der Waals surface area contributed by atoms with Crippen LogP contribution in [0.25, 0.3) is 0 Å². The zero-order chi connectivity index (χ0) is 11.4. The van der Waals surface area contributed by atoms with E-state index in [-0.39, 0.29) is 24.3 Å². The maximum atomic E-state index is 11.3. The number of carbonyl (C=O) groups is 2. The van der Waals surface area contributed by atoms with Crippen molar-refractivity contribution in [2.45, 2.75) is 25.7 Å². The molecule has 1 heterocycles. The topological polar surface area (TPSA) is 56.3 Å². The Labute approximate surface area is 97.6 Å². The molecule has 1 aliphatic rings. The fourth-order valence-corrected chi connectivity index (χ4v) is 1.93. The van der Waals surface area contributed by atoms with E-state index in [9.17, 15) is 9.59 Å². The molecular formula is C11H13NO3S. The van der Waals surface area contributed by atoms with E-state index in [1.54, 1.807) is 5.51 Å². The van der Waals surface area contributed by atoms with Crippen LogP contribution >= 0.6 is 11.3 Å². The second kappa shape index (κ2) is 5.21. The molecule has 0 unspecified atom stereocenters. The van der Waals surface area contributed by atoms with E-state index in [1.807, 2.05) is 5.38 Å². The molecule has 0 bridgehead atoms. The van der Waals surface area contributed by atoms with Gasteiger partial charge in [0.2, 0.25) is 0 Å². The van der Waals surface area contributed by atoms with Crippen molar-refractivity contribution in [3.8, 4) is 0 Å². The van der Waals surface area contributed by atoms with E-state index in [0.29, 0.717) is 12.8 Å². The first-order valence-corrected chi connectivity index (χ1v) is 6.25. The molecule has 1 aromatic heterocycles. The van der Waals surface area contributed by atoms with Crippen molar-refractivity contribution in [2.75, 3.05) is 6.61 Å². The maximum Gasteiger partial charge on any atom is 0.306 e. The normalized spacial score (nSPS) is 14.8. The Hall–Kier alpha value is -1.23. The average molecular weight is 239 g/mol. The lowest BCUT2D eigenvalue weighted by Gasteiger charge is -2.02. The van der Waals surface area contributed by atoms with Crippen LogP contribution in [0.15, 0.2) is 10.9 Å². The molecule has 1 aliphatic carbocycles. The average Bonchev–Trinajstić information content (AvgIpc) is 3.01. The molecule has 1 fully saturated rings. The SMILES string of the molecule is O=C(CCc1cscn1)OCC(=O)C1CC1. The molecule has 0 spiro atoms. The van der Waals surface area contributed by atoms with Gasteiger partial charge in [0.25, 0.3) is 0 Å². The molecule has 2 rings (SSSR count). The Bertz CT molecular complexity index is 371. The molecule has 1 saturated carbocycles. The molecule has 5 heteroatoms. The summed E-state index contributed by atoms with van der Waals surface area (Å²) in [6.45, 7) is -0.0550. The zero-order valence-corrected chi connectivity index (χ0v) is 9.66. The van der Waals surface area contributed by atoms with Gasteiger partial charge < -0.3 is 4.74 Å². The summed E-state index contributed by atoms with van der Waals surface area (Å²) in [7, 11) is 0. The highest BCUT2D eigenvalue weighted by atomic mass is 32.1. The highest BCUT2D eigenvalue weighted by Gasteiger charge is 2.29. The Morgan fingerprint density at radius 2 is 2.31 bits per heavy atom. The lowest BCUT2D eigenvalue weighted by Crippen LogP contribution is -2.15. The Morgan fingerprint density at radius 3 is 2.94 bits per heavy atom. The lowest BCUT2D eigenvalue weighted by atomic mass is 10.2. The van der Waals surface area contributed by atoms with Crippen LogP contribution in [0.5, 0.6) is 0 Å². The summed E-state index contributed by atoms with van der Waals surface area (Å²) in [5.74, 6) is -0.102. The summed E-state index contributed by atoms with van der Waals surface area (Å²) in [5, 5.41) is 1.91. The van der Waals surface area contributed by atoms with Gasteiger partial charge in [0, 0.05) is 17.7 Å². The molecule has 0 aliphatic heterocycles. The monoisotopic (exact) mass is 239 g/mol. The molecule has 0 aromatic carbocycles. The molecule has 0 saturated heterocycles. The largest absolute Gasteiger partial charge is 0.458 e. The van der Waals surface area contributed by atoms with Crippen LogP contribution in [0.4, 0.5) is 0 Å². The quantitative estimate of drug-likeness (QED) is 0.707. The smallest absolute Gasteiger partial charge is 0.306 e. The molecule has 16 heavy (non-hydrogen) atoms. The molecular weight excluding hydrogens is 226 g/mol. The van der Waals surface area contributed by atoms with Gasteiger partial charge in [-0.25, -0.2) is 4.98 Å². The van der Waals surface area contributed by atoms with Gasteiger partial charge in [-0.2, -0.15) is 0 Å². The van der Waals surface area contributed by atoms with E-state index in [4.69, 9.17) is 4.74 Å². The highest BCUT2D eigenvalue weighted by Crippen LogP contribution is 2.29. The molecule has 0 N–H and O–H groups in total. The third kappa shape index (κ3) is 3.41. The van der Waals surface area contributed by atoms with Crippen LogP contribution in [0.2, 0.25) is 0 Å². The van der Waals surface area contributed by atoms with Gasteiger partial charge in [-0.15, -0.1) is 11.3 Å². The Morgan fingerprint density at radius 1 is 1.50 bits per heavy atom. The number of aromatic nitrogens is 1. The van der Waals surface area contributed by atoms with Crippen molar-refractivity contribution in [1.82, 2.24) is 4.98 Å². The lowest BCUT2D eigenvalue weighted by molar-refractivity contribution is -0.148. The van der Waals surface area contributed by atoms with E-state index >= 15 is 0 Å². The van der Waals surface area contributed by atoms with Crippen LogP contribution in [0, 0.1) is 5.92 Å². The molecule has 86 valence electrons. The number of hydrogen-bond acceptors (Lipinski definition) is 5. The number of hydrogen-bond donors (Lipinski definition) is 0. The van der Waals surface area contributed by atoms with Gasteiger partial charge in [0.05, 0.1) is 17.6 Å². The van der Waals surface area contributed by atoms with Crippen molar-refractivity contribution in [3.05, 3.63) is 16.6 Å². The molecule has 1 aromatic rings. The second-order valence-electron chi connectivity index (χ2n) is 3.88. The predicted octanol–water partition coefficient (Wildman–Crippen LogP) is 1.60. The van der Waals surface area contributed by atoms with Crippen LogP contribution in [0.1, 0.15) is 25.0 Å². The summed E-state index contributed by atoms with van der Waals surface area (Å²) in [5.41, 5.74) is 2.63. The van der Waals surface area contributed by atoms with Gasteiger partial charge in [0.15, 0.2) is 5.78 Å². The summed E-state index contributed by atoms with van der Waals surface area (Å²) in [4.78, 5) is 26.6. The summed E-state index contributed by atoms with van der Waals surface area (Å²) in [6, 6.07) is 0. The predicted molar refractivity (Wildman–Crippen MR) is 59.1 cm³/mol. The molecule has 0 atom stereocenters. The van der Waals surface area contributed by atoms with E-state index in [2.05, 4.69) is 4.98 Å². The van der Waals surface area contributed by atoms with Gasteiger partial charge in [0.1, 0.15) is 6.61 Å². The number of ketones is 1. The van der Waals surface area contributed by atoms with Crippen molar-refractivity contribution in [3.63, 3.8) is 0 Å². The number of nitrogens with zero attached hydrogens (tertiary/aromatic N) is 1. The summed E-state index contributed by atoms with van der Waals surface area (Å²) < 4.78 is 4.89. The minimum absolute atomic E-state index is 0.0550. The highest BCUT2D eigenvalue weighted by molar-refractivity contribution is 7.07. The number of esters is 1. The molecule has 0 amide bonds. The van der Waals surface area contributed by atoms with Crippen LogP contribution in [-0.2, 0) is 20.7 Å². The molecule has 4 nitrogen and oxygen atoms in total. The molecule has 0 radical (unpaired) electrons. The number of ether oxygens (including phenoxy) is 1. The number of Topliss-reactive ketones (excluding diaryl/α,β-unsaturated/α-hetero) is 1. The van der Waals surface area contributed by atoms with Crippen LogP contribution in [-0.4, -0.2) is 23.3 Å². The minimum atomic E-state index is -0.318.